The number of thioether (sulfide) groups is 1. The Labute approximate surface area is 171 Å². The summed E-state index contributed by atoms with van der Waals surface area (Å²) in [7, 11) is 4.03. The number of fused-ring (bicyclic) bond motifs is 1. The third-order valence-electron chi connectivity index (χ3n) is 4.74. The van der Waals surface area contributed by atoms with E-state index in [1.54, 1.807) is 0 Å². The fourth-order valence-corrected chi connectivity index (χ4v) is 4.21. The van der Waals surface area contributed by atoms with Crippen LogP contribution in [0.15, 0.2) is 53.4 Å². The maximum atomic E-state index is 12.7. The summed E-state index contributed by atoms with van der Waals surface area (Å²) in [5.41, 5.74) is 2.87. The van der Waals surface area contributed by atoms with Crippen LogP contribution in [0.2, 0.25) is 0 Å². The van der Waals surface area contributed by atoms with E-state index in [4.69, 9.17) is 0 Å². The van der Waals surface area contributed by atoms with Gasteiger partial charge in [-0.05, 0) is 57.2 Å². The smallest absolute Gasteiger partial charge is 0.252 e. The second-order valence-corrected chi connectivity index (χ2v) is 8.14. The fraction of sp³-hybridized carbons (Fsp3) is 0.364. The van der Waals surface area contributed by atoms with Crippen molar-refractivity contribution >= 4 is 29.3 Å². The monoisotopic (exact) mass is 397 g/mol. The standard InChI is InChI=1S/C22H27N3O2S/c1-24(2)14-7-13-23-22(27)18-9-4-6-11-20(18)28-16-21(26)25-15-12-17-8-3-5-10-19(17)25/h3-6,8-11H,7,12-16H2,1-2H3,(H,23,27). The Morgan fingerprint density at radius 3 is 2.68 bits per heavy atom. The lowest BCUT2D eigenvalue weighted by Gasteiger charge is -2.17. The zero-order valence-corrected chi connectivity index (χ0v) is 17.3. The van der Waals surface area contributed by atoms with Gasteiger partial charge in [-0.25, -0.2) is 0 Å². The Hall–Kier alpha value is -2.31. The molecule has 1 aliphatic rings. The lowest BCUT2D eigenvalue weighted by atomic mass is 10.2. The van der Waals surface area contributed by atoms with Gasteiger partial charge >= 0.3 is 0 Å². The summed E-state index contributed by atoms with van der Waals surface area (Å²) in [5, 5.41) is 2.98. The van der Waals surface area contributed by atoms with E-state index in [9.17, 15) is 9.59 Å². The zero-order chi connectivity index (χ0) is 19.9. The number of carbonyl (C=O) groups excluding carboxylic acids is 2. The lowest BCUT2D eigenvalue weighted by molar-refractivity contribution is -0.116. The number of nitrogens with one attached hydrogen (secondary N) is 1. The fourth-order valence-electron chi connectivity index (χ4n) is 3.29. The van der Waals surface area contributed by atoms with Crippen molar-refractivity contribution < 1.29 is 9.59 Å². The van der Waals surface area contributed by atoms with Crippen molar-refractivity contribution in [3.8, 4) is 0 Å². The van der Waals surface area contributed by atoms with Gasteiger partial charge in [-0.3, -0.25) is 9.59 Å². The lowest BCUT2D eigenvalue weighted by Crippen LogP contribution is -2.30. The SMILES string of the molecule is CN(C)CCCNC(=O)c1ccccc1SCC(=O)N1CCc2ccccc21. The molecule has 1 heterocycles. The van der Waals surface area contributed by atoms with E-state index in [-0.39, 0.29) is 11.8 Å². The molecule has 6 heteroatoms. The van der Waals surface area contributed by atoms with Crippen LogP contribution in [0.1, 0.15) is 22.3 Å². The van der Waals surface area contributed by atoms with Crippen LogP contribution < -0.4 is 10.2 Å². The van der Waals surface area contributed by atoms with Crippen LogP contribution in [-0.4, -0.2) is 56.2 Å². The van der Waals surface area contributed by atoms with E-state index in [0.29, 0.717) is 17.9 Å². The average Bonchev–Trinajstić information content (AvgIpc) is 3.13. The second-order valence-electron chi connectivity index (χ2n) is 7.12. The maximum Gasteiger partial charge on any atom is 0.252 e. The third-order valence-corrected chi connectivity index (χ3v) is 5.80. The van der Waals surface area contributed by atoms with E-state index in [1.807, 2.05) is 61.5 Å². The molecule has 0 atom stereocenters. The summed E-state index contributed by atoms with van der Waals surface area (Å²) in [6.45, 7) is 2.30. The van der Waals surface area contributed by atoms with Crippen molar-refractivity contribution in [2.75, 3.05) is 44.4 Å². The molecule has 0 unspecified atom stereocenters. The number of hydrogen-bond donors (Lipinski definition) is 1. The van der Waals surface area contributed by atoms with E-state index < -0.39 is 0 Å². The van der Waals surface area contributed by atoms with Crippen molar-refractivity contribution in [2.24, 2.45) is 0 Å². The summed E-state index contributed by atoms with van der Waals surface area (Å²) in [6, 6.07) is 15.5. The highest BCUT2D eigenvalue weighted by atomic mass is 32.2. The van der Waals surface area contributed by atoms with E-state index >= 15 is 0 Å². The Balaban J connectivity index is 1.58. The molecule has 2 aromatic carbocycles. The van der Waals surface area contributed by atoms with Crippen molar-refractivity contribution in [1.29, 1.82) is 0 Å². The number of hydrogen-bond acceptors (Lipinski definition) is 4. The molecule has 2 amide bonds. The molecule has 0 aromatic heterocycles. The summed E-state index contributed by atoms with van der Waals surface area (Å²) < 4.78 is 0. The largest absolute Gasteiger partial charge is 0.352 e. The van der Waals surface area contributed by atoms with Gasteiger partial charge in [-0.2, -0.15) is 0 Å². The number of para-hydroxylation sites is 1. The predicted octanol–water partition coefficient (Wildman–Crippen LogP) is 3.05. The van der Waals surface area contributed by atoms with Crippen molar-refractivity contribution in [2.45, 2.75) is 17.7 Å². The minimum absolute atomic E-state index is 0.0798. The van der Waals surface area contributed by atoms with Gasteiger partial charge in [0.25, 0.3) is 5.91 Å². The molecule has 0 aliphatic carbocycles. The summed E-state index contributed by atoms with van der Waals surface area (Å²) in [4.78, 5) is 30.1. The normalized spacial score (nSPS) is 12.9. The molecule has 0 saturated carbocycles. The van der Waals surface area contributed by atoms with Crippen LogP contribution in [0, 0.1) is 0 Å². The van der Waals surface area contributed by atoms with Gasteiger partial charge in [0.2, 0.25) is 5.91 Å². The maximum absolute atomic E-state index is 12.7. The highest BCUT2D eigenvalue weighted by molar-refractivity contribution is 8.00. The molecular formula is C22H27N3O2S. The van der Waals surface area contributed by atoms with Crippen LogP contribution >= 0.6 is 11.8 Å². The zero-order valence-electron chi connectivity index (χ0n) is 16.5. The molecule has 0 radical (unpaired) electrons. The number of carbonyl (C=O) groups is 2. The minimum atomic E-state index is -0.0826. The minimum Gasteiger partial charge on any atom is -0.352 e. The first-order chi connectivity index (χ1) is 13.6. The van der Waals surface area contributed by atoms with Gasteiger partial charge < -0.3 is 15.1 Å². The molecule has 1 N–H and O–H groups in total. The second kappa shape index (κ2) is 9.75. The van der Waals surface area contributed by atoms with Crippen LogP contribution in [-0.2, 0) is 11.2 Å². The number of anilines is 1. The topological polar surface area (TPSA) is 52.7 Å². The van der Waals surface area contributed by atoms with Crippen LogP contribution in [0.4, 0.5) is 5.69 Å². The molecule has 0 spiro atoms. The first kappa shape index (κ1) is 20.4. The van der Waals surface area contributed by atoms with Crippen LogP contribution in [0.3, 0.4) is 0 Å². The van der Waals surface area contributed by atoms with Gasteiger partial charge in [0, 0.05) is 23.7 Å². The van der Waals surface area contributed by atoms with Crippen LogP contribution in [0.5, 0.6) is 0 Å². The summed E-state index contributed by atoms with van der Waals surface area (Å²) >= 11 is 1.43. The Morgan fingerprint density at radius 2 is 1.86 bits per heavy atom. The first-order valence-electron chi connectivity index (χ1n) is 9.59. The molecule has 0 saturated heterocycles. The third kappa shape index (κ3) is 5.14. The molecule has 0 bridgehead atoms. The highest BCUT2D eigenvalue weighted by Gasteiger charge is 2.24. The number of rotatable bonds is 8. The van der Waals surface area contributed by atoms with Gasteiger partial charge in [-0.1, -0.05) is 30.3 Å². The Kier molecular flexibility index (Phi) is 7.12. The van der Waals surface area contributed by atoms with E-state index in [0.717, 1.165) is 36.5 Å². The first-order valence-corrected chi connectivity index (χ1v) is 10.6. The molecule has 1 aliphatic heterocycles. The van der Waals surface area contributed by atoms with Gasteiger partial charge in [-0.15, -0.1) is 11.8 Å². The molecule has 5 nitrogen and oxygen atoms in total. The molecular weight excluding hydrogens is 370 g/mol. The Bertz CT molecular complexity index is 838. The van der Waals surface area contributed by atoms with Gasteiger partial charge in [0.05, 0.1) is 11.3 Å². The molecule has 3 rings (SSSR count). The van der Waals surface area contributed by atoms with E-state index in [2.05, 4.69) is 16.3 Å². The quantitative estimate of drug-likeness (QED) is 0.549. The van der Waals surface area contributed by atoms with Gasteiger partial charge in [0.15, 0.2) is 0 Å². The van der Waals surface area contributed by atoms with Crippen molar-refractivity contribution in [3.05, 3.63) is 59.7 Å². The molecule has 28 heavy (non-hydrogen) atoms. The molecule has 2 aromatic rings. The van der Waals surface area contributed by atoms with Crippen molar-refractivity contribution in [3.63, 3.8) is 0 Å². The van der Waals surface area contributed by atoms with E-state index in [1.165, 1.54) is 17.3 Å². The Morgan fingerprint density at radius 1 is 1.11 bits per heavy atom. The predicted molar refractivity (Wildman–Crippen MR) is 115 cm³/mol. The highest BCUT2D eigenvalue weighted by Crippen LogP contribution is 2.29. The number of amides is 2. The molecule has 0 fully saturated rings. The number of benzene rings is 2. The summed E-state index contributed by atoms with van der Waals surface area (Å²) in [6.07, 6.45) is 1.80. The number of nitrogens with zero attached hydrogens (tertiary/aromatic N) is 2. The van der Waals surface area contributed by atoms with Gasteiger partial charge in [0.1, 0.15) is 0 Å². The van der Waals surface area contributed by atoms with Crippen LogP contribution in [0.25, 0.3) is 0 Å². The summed E-state index contributed by atoms with van der Waals surface area (Å²) in [5.74, 6) is 0.316. The molecule has 148 valence electrons. The van der Waals surface area contributed by atoms with Crippen molar-refractivity contribution in [1.82, 2.24) is 10.2 Å². The average molecular weight is 398 g/mol.